The van der Waals surface area contributed by atoms with Crippen molar-refractivity contribution in [2.75, 3.05) is 0 Å². The van der Waals surface area contributed by atoms with Gasteiger partial charge in [0.15, 0.2) is 0 Å². The topological polar surface area (TPSA) is 188 Å². The van der Waals surface area contributed by atoms with Crippen LogP contribution in [-0.2, 0) is 25.7 Å². The summed E-state index contributed by atoms with van der Waals surface area (Å²) in [6.07, 6.45) is -1.86. The first-order chi connectivity index (χ1) is 13.3. The van der Waals surface area contributed by atoms with Crippen molar-refractivity contribution in [1.29, 1.82) is 0 Å². The molecule has 13 heteroatoms. The van der Waals surface area contributed by atoms with Crippen molar-refractivity contribution in [3.63, 3.8) is 0 Å². The van der Waals surface area contributed by atoms with Gasteiger partial charge in [0.25, 0.3) is 11.4 Å². The number of nitro benzene ring substituents is 2. The summed E-state index contributed by atoms with van der Waals surface area (Å²) in [5.41, 5.74) is -2.13. The third-order valence-electron chi connectivity index (χ3n) is 3.12. The fraction of sp³-hybridized carbons (Fsp3) is 0.438. The number of rotatable bonds is 8. The molecular weight excluding hydrogens is 394 g/mol. The van der Waals surface area contributed by atoms with Crippen molar-refractivity contribution in [2.24, 2.45) is 0 Å². The number of hydrogen-bond donors (Lipinski definition) is 2. The number of alkyl carbamates (subject to hydrolysis) is 1. The molecule has 158 valence electrons. The molecular formula is C16H19N3O10. The molecule has 0 radical (unpaired) electrons. The van der Waals surface area contributed by atoms with Crippen LogP contribution in [0.25, 0.3) is 0 Å². The van der Waals surface area contributed by atoms with E-state index in [0.717, 1.165) is 18.2 Å². The summed E-state index contributed by atoms with van der Waals surface area (Å²) in [5.74, 6) is -2.57. The maximum Gasteiger partial charge on any atom is 0.408 e. The van der Waals surface area contributed by atoms with Gasteiger partial charge in [-0.2, -0.15) is 0 Å². The number of esters is 1. The first kappa shape index (κ1) is 23.3. The largest absolute Gasteiger partial charge is 0.481 e. The van der Waals surface area contributed by atoms with Gasteiger partial charge in [0, 0.05) is 17.7 Å². The van der Waals surface area contributed by atoms with Gasteiger partial charge in [-0.25, -0.2) is 9.59 Å². The van der Waals surface area contributed by atoms with Crippen LogP contribution in [0.5, 0.6) is 0 Å². The lowest BCUT2D eigenvalue weighted by Gasteiger charge is -2.22. The number of non-ortho nitro benzene ring substituents is 2. The summed E-state index contributed by atoms with van der Waals surface area (Å²) in [6, 6.07) is 1.07. The van der Waals surface area contributed by atoms with E-state index in [1.54, 1.807) is 20.8 Å². The minimum absolute atomic E-state index is 0.0643. The van der Waals surface area contributed by atoms with Gasteiger partial charge in [-0.15, -0.1) is 0 Å². The Kier molecular flexibility index (Phi) is 7.57. The summed E-state index contributed by atoms with van der Waals surface area (Å²) >= 11 is 0. The van der Waals surface area contributed by atoms with Crippen LogP contribution in [0.3, 0.4) is 0 Å². The van der Waals surface area contributed by atoms with Crippen LogP contribution in [0.1, 0.15) is 32.8 Å². The molecule has 1 amide bonds. The number of benzene rings is 1. The van der Waals surface area contributed by atoms with E-state index >= 15 is 0 Å². The van der Waals surface area contributed by atoms with Crippen molar-refractivity contribution < 1.29 is 38.8 Å². The second-order valence-electron chi connectivity index (χ2n) is 6.78. The predicted molar refractivity (Wildman–Crippen MR) is 95.0 cm³/mol. The third kappa shape index (κ3) is 8.19. The number of carbonyl (C=O) groups excluding carboxylic acids is 2. The van der Waals surface area contributed by atoms with Gasteiger partial charge >= 0.3 is 18.0 Å². The number of nitrogens with one attached hydrogen (secondary N) is 1. The van der Waals surface area contributed by atoms with Gasteiger partial charge in [0.2, 0.25) is 0 Å². The van der Waals surface area contributed by atoms with E-state index in [4.69, 9.17) is 14.6 Å². The van der Waals surface area contributed by atoms with Gasteiger partial charge in [-0.3, -0.25) is 25.0 Å². The molecule has 0 fully saturated rings. The first-order valence-corrected chi connectivity index (χ1v) is 8.09. The fourth-order valence-electron chi connectivity index (χ4n) is 2.02. The number of ether oxygens (including phenoxy) is 2. The van der Waals surface area contributed by atoms with Gasteiger partial charge in [0.1, 0.15) is 18.2 Å². The van der Waals surface area contributed by atoms with Crippen molar-refractivity contribution in [2.45, 2.75) is 45.4 Å². The average Bonchev–Trinajstić information content (AvgIpc) is 2.56. The Labute approximate surface area is 163 Å². The predicted octanol–water partition coefficient (Wildman–Crippen LogP) is 1.91. The maximum atomic E-state index is 12.2. The Morgan fingerprint density at radius 2 is 1.62 bits per heavy atom. The van der Waals surface area contributed by atoms with Crippen molar-refractivity contribution in [1.82, 2.24) is 5.32 Å². The maximum absolute atomic E-state index is 12.2. The Morgan fingerprint density at radius 1 is 1.10 bits per heavy atom. The van der Waals surface area contributed by atoms with Crippen LogP contribution < -0.4 is 5.32 Å². The molecule has 0 heterocycles. The molecule has 0 aromatic heterocycles. The Bertz CT molecular complexity index is 798. The smallest absolute Gasteiger partial charge is 0.408 e. The van der Waals surface area contributed by atoms with Crippen LogP contribution in [-0.4, -0.2) is 44.6 Å². The summed E-state index contributed by atoms with van der Waals surface area (Å²) in [5, 5.41) is 32.7. The summed E-state index contributed by atoms with van der Waals surface area (Å²) < 4.78 is 9.82. The zero-order chi connectivity index (χ0) is 22.4. The van der Waals surface area contributed by atoms with E-state index in [1.807, 2.05) is 0 Å². The second-order valence-corrected chi connectivity index (χ2v) is 6.78. The van der Waals surface area contributed by atoms with Gasteiger partial charge in [-0.1, -0.05) is 0 Å². The summed E-state index contributed by atoms with van der Waals surface area (Å²) in [4.78, 5) is 55.0. The molecule has 1 rings (SSSR count). The molecule has 0 aliphatic rings. The minimum Gasteiger partial charge on any atom is -0.481 e. The van der Waals surface area contributed by atoms with E-state index in [0.29, 0.717) is 0 Å². The Hall–Kier alpha value is -3.77. The van der Waals surface area contributed by atoms with Gasteiger partial charge < -0.3 is 19.9 Å². The quantitative estimate of drug-likeness (QED) is 0.362. The molecule has 1 aromatic carbocycles. The van der Waals surface area contributed by atoms with Crippen LogP contribution >= 0.6 is 0 Å². The highest BCUT2D eigenvalue weighted by molar-refractivity contribution is 5.85. The van der Waals surface area contributed by atoms with E-state index in [9.17, 15) is 34.6 Å². The van der Waals surface area contributed by atoms with Crippen LogP contribution in [0.15, 0.2) is 18.2 Å². The molecule has 2 N–H and O–H groups in total. The third-order valence-corrected chi connectivity index (χ3v) is 3.12. The van der Waals surface area contributed by atoms with Crippen LogP contribution in [0, 0.1) is 20.2 Å². The van der Waals surface area contributed by atoms with Gasteiger partial charge in [0.05, 0.1) is 22.3 Å². The van der Waals surface area contributed by atoms with Crippen molar-refractivity contribution in [3.8, 4) is 0 Å². The molecule has 0 bridgehead atoms. The molecule has 13 nitrogen and oxygen atoms in total. The standard InChI is InChI=1S/C16H19N3O10/c1-16(2,3)29-15(23)17-12(7-13(20)21)14(22)28-8-9-4-10(18(24)25)6-11(5-9)19(26)27/h4-6,12H,7-8H2,1-3H3,(H,17,23)(H,20,21)/t12-/m0/s1. The number of carboxylic acid groups (broad SMARTS) is 1. The fourth-order valence-corrected chi connectivity index (χ4v) is 2.02. The normalized spacial score (nSPS) is 11.8. The Balaban J connectivity index is 2.92. The highest BCUT2D eigenvalue weighted by Gasteiger charge is 2.28. The molecule has 0 saturated carbocycles. The lowest BCUT2D eigenvalue weighted by molar-refractivity contribution is -0.394. The zero-order valence-corrected chi connectivity index (χ0v) is 15.7. The SMILES string of the molecule is CC(C)(C)OC(=O)N[C@@H](CC(=O)O)C(=O)OCc1cc([N+](=O)[O-])cc([N+](=O)[O-])c1. The average molecular weight is 413 g/mol. The molecule has 0 saturated heterocycles. The molecule has 0 spiro atoms. The van der Waals surface area contributed by atoms with E-state index < -0.39 is 63.9 Å². The summed E-state index contributed by atoms with van der Waals surface area (Å²) in [6.45, 7) is 4.07. The molecule has 1 aromatic rings. The second kappa shape index (κ2) is 9.43. The summed E-state index contributed by atoms with van der Waals surface area (Å²) in [7, 11) is 0. The van der Waals surface area contributed by atoms with E-state index in [2.05, 4.69) is 5.32 Å². The first-order valence-electron chi connectivity index (χ1n) is 8.09. The number of carbonyl (C=O) groups is 3. The highest BCUT2D eigenvalue weighted by Crippen LogP contribution is 2.23. The highest BCUT2D eigenvalue weighted by atomic mass is 16.6. The monoisotopic (exact) mass is 413 g/mol. The molecule has 1 atom stereocenters. The van der Waals surface area contributed by atoms with Gasteiger partial charge in [-0.05, 0) is 20.8 Å². The number of nitro groups is 2. The molecule has 0 aliphatic carbocycles. The zero-order valence-electron chi connectivity index (χ0n) is 15.7. The minimum atomic E-state index is -1.60. The number of aliphatic carboxylic acids is 1. The molecule has 29 heavy (non-hydrogen) atoms. The lowest BCUT2D eigenvalue weighted by Crippen LogP contribution is -2.45. The number of carboxylic acids is 1. The van der Waals surface area contributed by atoms with Crippen LogP contribution in [0.4, 0.5) is 16.2 Å². The lowest BCUT2D eigenvalue weighted by atomic mass is 10.2. The van der Waals surface area contributed by atoms with E-state index in [-0.39, 0.29) is 5.56 Å². The van der Waals surface area contributed by atoms with Crippen LogP contribution in [0.2, 0.25) is 0 Å². The number of hydrogen-bond acceptors (Lipinski definition) is 9. The molecule has 0 unspecified atom stereocenters. The van der Waals surface area contributed by atoms with Crippen molar-refractivity contribution >= 4 is 29.4 Å². The van der Waals surface area contributed by atoms with Crippen molar-refractivity contribution in [3.05, 3.63) is 44.0 Å². The Morgan fingerprint density at radius 3 is 2.03 bits per heavy atom. The molecule has 0 aliphatic heterocycles. The number of nitrogens with zero attached hydrogens (tertiary/aromatic N) is 2. The number of amides is 1. The van der Waals surface area contributed by atoms with E-state index in [1.165, 1.54) is 0 Å².